The quantitative estimate of drug-likeness (QED) is 0.588. The molecule has 0 heterocycles. The zero-order valence-corrected chi connectivity index (χ0v) is 9.65. The molecule has 0 amide bonds. The third kappa shape index (κ3) is 8.39. The van der Waals surface area contributed by atoms with Crippen molar-refractivity contribution < 1.29 is 0 Å². The smallest absolute Gasteiger partial charge is 0.00314 e. The summed E-state index contributed by atoms with van der Waals surface area (Å²) in [6.45, 7) is 6.97. The second-order valence-electron chi connectivity index (χ2n) is 3.91. The Morgan fingerprint density at radius 1 is 1.00 bits per heavy atom. The fraction of sp³-hybridized carbons (Fsp3) is 1.00. The van der Waals surface area contributed by atoms with Gasteiger partial charge in [0.05, 0.1) is 0 Å². The summed E-state index contributed by atoms with van der Waals surface area (Å²) in [6, 6.07) is 0. The van der Waals surface area contributed by atoms with Crippen molar-refractivity contribution in [2.45, 2.75) is 46.5 Å². The molecule has 0 saturated carbocycles. The molecule has 11 heavy (non-hydrogen) atoms. The van der Waals surface area contributed by atoms with Gasteiger partial charge in [0, 0.05) is 5.33 Å². The zero-order valence-electron chi connectivity index (χ0n) is 8.07. The van der Waals surface area contributed by atoms with Crippen molar-refractivity contribution in [1.29, 1.82) is 0 Å². The van der Waals surface area contributed by atoms with E-state index in [9.17, 15) is 0 Å². The molecule has 0 aromatic rings. The molecule has 1 unspecified atom stereocenters. The van der Waals surface area contributed by atoms with Gasteiger partial charge < -0.3 is 0 Å². The van der Waals surface area contributed by atoms with Crippen molar-refractivity contribution in [1.82, 2.24) is 0 Å². The second-order valence-corrected chi connectivity index (χ2v) is 4.70. The number of alkyl halides is 1. The van der Waals surface area contributed by atoms with Gasteiger partial charge in [-0.3, -0.25) is 0 Å². The maximum Gasteiger partial charge on any atom is 0.00314 e. The van der Waals surface area contributed by atoms with Crippen LogP contribution >= 0.6 is 15.9 Å². The molecule has 0 bridgehead atoms. The Kier molecular flexibility index (Phi) is 7.46. The van der Waals surface area contributed by atoms with Crippen LogP contribution in [0.15, 0.2) is 0 Å². The highest BCUT2D eigenvalue weighted by atomic mass is 79.9. The van der Waals surface area contributed by atoms with Crippen LogP contribution in [0.2, 0.25) is 0 Å². The first-order valence-electron chi connectivity index (χ1n) is 4.72. The summed E-state index contributed by atoms with van der Waals surface area (Å²) in [4.78, 5) is 0. The molecular weight excluding hydrogens is 200 g/mol. The third-order valence-corrected chi connectivity index (χ3v) is 2.63. The van der Waals surface area contributed by atoms with E-state index in [2.05, 4.69) is 36.7 Å². The molecule has 0 saturated heterocycles. The minimum absolute atomic E-state index is 0.876. The molecule has 0 N–H and O–H groups in total. The average molecular weight is 221 g/mol. The molecule has 0 radical (unpaired) electrons. The van der Waals surface area contributed by atoms with Gasteiger partial charge in [-0.15, -0.1) is 0 Å². The molecule has 0 fully saturated rings. The summed E-state index contributed by atoms with van der Waals surface area (Å²) in [7, 11) is 0. The van der Waals surface area contributed by atoms with Gasteiger partial charge in [-0.2, -0.15) is 0 Å². The van der Waals surface area contributed by atoms with Gasteiger partial charge in [-0.05, 0) is 24.7 Å². The highest BCUT2D eigenvalue weighted by molar-refractivity contribution is 9.09. The first-order valence-corrected chi connectivity index (χ1v) is 5.85. The largest absolute Gasteiger partial charge is 0.0928 e. The minimum atomic E-state index is 0.876. The predicted octanol–water partition coefficient (Wildman–Crippen LogP) is 4.23. The van der Waals surface area contributed by atoms with E-state index in [0.29, 0.717) is 0 Å². The van der Waals surface area contributed by atoms with Gasteiger partial charge >= 0.3 is 0 Å². The van der Waals surface area contributed by atoms with Crippen molar-refractivity contribution in [2.24, 2.45) is 11.8 Å². The topological polar surface area (TPSA) is 0 Å². The summed E-state index contributed by atoms with van der Waals surface area (Å²) < 4.78 is 0. The number of halogens is 1. The predicted molar refractivity (Wildman–Crippen MR) is 56.3 cm³/mol. The molecule has 0 aromatic heterocycles. The monoisotopic (exact) mass is 220 g/mol. The van der Waals surface area contributed by atoms with E-state index in [1.807, 2.05) is 0 Å². The van der Waals surface area contributed by atoms with Gasteiger partial charge in [0.2, 0.25) is 0 Å². The maximum absolute atomic E-state index is 3.46. The summed E-state index contributed by atoms with van der Waals surface area (Å²) in [6.07, 6.45) is 5.52. The third-order valence-electron chi connectivity index (χ3n) is 2.07. The van der Waals surface area contributed by atoms with Crippen molar-refractivity contribution in [3.05, 3.63) is 0 Å². The lowest BCUT2D eigenvalue weighted by molar-refractivity contribution is 0.426. The fourth-order valence-electron chi connectivity index (χ4n) is 1.19. The van der Waals surface area contributed by atoms with Crippen LogP contribution in [-0.4, -0.2) is 5.33 Å². The molecule has 0 nitrogen and oxygen atoms in total. The Labute approximate surface area is 79.9 Å². The number of hydrogen-bond donors (Lipinski definition) is 0. The lowest BCUT2D eigenvalue weighted by atomic mass is 9.96. The van der Waals surface area contributed by atoms with Crippen molar-refractivity contribution in [2.75, 3.05) is 5.33 Å². The Morgan fingerprint density at radius 3 is 2.09 bits per heavy atom. The molecule has 68 valence electrons. The summed E-state index contributed by atoms with van der Waals surface area (Å²) in [5, 5.41) is 1.17. The molecular formula is C10H21Br. The van der Waals surface area contributed by atoms with Crippen LogP contribution in [0.1, 0.15) is 46.5 Å². The van der Waals surface area contributed by atoms with Crippen molar-refractivity contribution in [3.63, 3.8) is 0 Å². The normalized spacial score (nSPS) is 13.9. The SMILES string of the molecule is CC(C)CCC(C)CCCBr. The lowest BCUT2D eigenvalue weighted by Gasteiger charge is -2.11. The number of hydrogen-bond acceptors (Lipinski definition) is 0. The van der Waals surface area contributed by atoms with Crippen LogP contribution < -0.4 is 0 Å². The molecule has 1 heteroatoms. The van der Waals surface area contributed by atoms with E-state index in [-0.39, 0.29) is 0 Å². The van der Waals surface area contributed by atoms with Crippen molar-refractivity contribution in [3.8, 4) is 0 Å². The maximum atomic E-state index is 3.46. The first kappa shape index (κ1) is 11.5. The Morgan fingerprint density at radius 2 is 1.64 bits per heavy atom. The first-order chi connectivity index (χ1) is 5.16. The lowest BCUT2D eigenvalue weighted by Crippen LogP contribution is -1.98. The van der Waals surface area contributed by atoms with Crippen LogP contribution in [0.5, 0.6) is 0 Å². The van der Waals surface area contributed by atoms with E-state index >= 15 is 0 Å². The Balaban J connectivity index is 3.15. The van der Waals surface area contributed by atoms with E-state index in [1.165, 1.54) is 31.0 Å². The summed E-state index contributed by atoms with van der Waals surface area (Å²) in [5.41, 5.74) is 0. The zero-order chi connectivity index (χ0) is 8.69. The van der Waals surface area contributed by atoms with Gasteiger partial charge in [0.25, 0.3) is 0 Å². The van der Waals surface area contributed by atoms with Crippen LogP contribution in [0.25, 0.3) is 0 Å². The molecule has 0 aliphatic carbocycles. The number of rotatable bonds is 6. The van der Waals surface area contributed by atoms with Gasteiger partial charge in [0.1, 0.15) is 0 Å². The van der Waals surface area contributed by atoms with E-state index in [0.717, 1.165) is 11.8 Å². The van der Waals surface area contributed by atoms with Crippen LogP contribution in [0.3, 0.4) is 0 Å². The van der Waals surface area contributed by atoms with Crippen LogP contribution in [0, 0.1) is 11.8 Å². The van der Waals surface area contributed by atoms with E-state index in [1.54, 1.807) is 0 Å². The highest BCUT2D eigenvalue weighted by Gasteiger charge is 2.02. The van der Waals surface area contributed by atoms with Gasteiger partial charge in [0.15, 0.2) is 0 Å². The fourth-order valence-corrected chi connectivity index (χ4v) is 1.51. The Bertz CT molecular complexity index is 78.9. The molecule has 0 aliphatic heterocycles. The van der Waals surface area contributed by atoms with Crippen LogP contribution in [0.4, 0.5) is 0 Å². The van der Waals surface area contributed by atoms with Crippen LogP contribution in [-0.2, 0) is 0 Å². The summed E-state index contributed by atoms with van der Waals surface area (Å²) >= 11 is 3.46. The van der Waals surface area contributed by atoms with E-state index in [4.69, 9.17) is 0 Å². The summed E-state index contributed by atoms with van der Waals surface area (Å²) in [5.74, 6) is 1.80. The highest BCUT2D eigenvalue weighted by Crippen LogP contribution is 2.16. The minimum Gasteiger partial charge on any atom is -0.0928 e. The van der Waals surface area contributed by atoms with Crippen molar-refractivity contribution >= 4 is 15.9 Å². The molecule has 1 atom stereocenters. The molecule has 0 spiro atoms. The van der Waals surface area contributed by atoms with Gasteiger partial charge in [-0.1, -0.05) is 49.5 Å². The van der Waals surface area contributed by atoms with E-state index < -0.39 is 0 Å². The molecule has 0 rings (SSSR count). The molecule has 0 aromatic carbocycles. The average Bonchev–Trinajstić information content (AvgIpc) is 1.97. The second kappa shape index (κ2) is 7.15. The standard InChI is InChI=1S/C10H21Br/c1-9(2)6-7-10(3)5-4-8-11/h9-10H,4-8H2,1-3H3. The Hall–Kier alpha value is 0.480. The molecule has 0 aliphatic rings. The van der Waals surface area contributed by atoms with Gasteiger partial charge in [-0.25, -0.2) is 0 Å².